The summed E-state index contributed by atoms with van der Waals surface area (Å²) in [4.78, 5) is 13.1. The first-order valence-corrected chi connectivity index (χ1v) is 8.69. The Morgan fingerprint density at radius 2 is 2.19 bits per heavy atom. The zero-order valence-corrected chi connectivity index (χ0v) is 14.3. The molecule has 3 nitrogen and oxygen atoms in total. The molecule has 0 bridgehead atoms. The molecule has 0 spiro atoms. The third-order valence-electron chi connectivity index (χ3n) is 3.20. The van der Waals surface area contributed by atoms with Crippen LogP contribution in [-0.2, 0) is 6.54 Å². The Kier molecular flexibility index (Phi) is 4.52. The molecule has 0 atom stereocenters. The number of carbonyl (C=O) groups is 1. The standard InChI is InChI=1S/C15H14BrClN2OS/c16-13-7-12(21-14(13)17)8-18-11-3-1-2-9(6-11)15(20)19-10-4-5-10/h1-3,6-7,10,18H,4-5,8H2,(H,19,20). The van der Waals surface area contributed by atoms with Gasteiger partial charge in [0.25, 0.3) is 5.91 Å². The van der Waals surface area contributed by atoms with Crippen molar-refractivity contribution in [2.45, 2.75) is 25.4 Å². The van der Waals surface area contributed by atoms with Crippen molar-refractivity contribution in [2.24, 2.45) is 0 Å². The fourth-order valence-electron chi connectivity index (χ4n) is 1.93. The Morgan fingerprint density at radius 1 is 1.38 bits per heavy atom. The Labute approximate surface area is 140 Å². The Bertz CT molecular complexity index is 650. The average Bonchev–Trinajstić information content (AvgIpc) is 3.22. The molecule has 1 aromatic carbocycles. The maximum absolute atomic E-state index is 12.0. The molecule has 1 aliphatic carbocycles. The summed E-state index contributed by atoms with van der Waals surface area (Å²) < 4.78 is 1.67. The summed E-state index contributed by atoms with van der Waals surface area (Å²) in [6, 6.07) is 9.94. The van der Waals surface area contributed by atoms with Crippen LogP contribution in [0.5, 0.6) is 0 Å². The molecule has 3 rings (SSSR count). The van der Waals surface area contributed by atoms with Gasteiger partial charge in [0.15, 0.2) is 0 Å². The molecule has 0 radical (unpaired) electrons. The highest BCUT2D eigenvalue weighted by atomic mass is 79.9. The zero-order chi connectivity index (χ0) is 14.8. The Hall–Kier alpha value is -1.04. The number of thiophene rings is 1. The molecule has 0 unspecified atom stereocenters. The van der Waals surface area contributed by atoms with Crippen LogP contribution in [0.4, 0.5) is 5.69 Å². The lowest BCUT2D eigenvalue weighted by Gasteiger charge is -2.08. The van der Waals surface area contributed by atoms with E-state index in [1.54, 1.807) is 0 Å². The first-order chi connectivity index (χ1) is 10.1. The average molecular weight is 386 g/mol. The minimum absolute atomic E-state index is 0.00284. The number of hydrogen-bond acceptors (Lipinski definition) is 3. The van der Waals surface area contributed by atoms with Gasteiger partial charge in [0, 0.05) is 33.2 Å². The second-order valence-corrected chi connectivity index (χ2v) is 7.61. The molecule has 21 heavy (non-hydrogen) atoms. The number of amides is 1. The molecule has 0 aliphatic heterocycles. The fourth-order valence-corrected chi connectivity index (χ4v) is 3.66. The van der Waals surface area contributed by atoms with Gasteiger partial charge in [-0.2, -0.15) is 0 Å². The molecule has 110 valence electrons. The summed E-state index contributed by atoms with van der Waals surface area (Å²) in [6.07, 6.45) is 2.19. The van der Waals surface area contributed by atoms with Gasteiger partial charge in [0.1, 0.15) is 4.34 Å². The Balaban J connectivity index is 1.63. The molecule has 6 heteroatoms. The van der Waals surface area contributed by atoms with Gasteiger partial charge in [0.05, 0.1) is 0 Å². The van der Waals surface area contributed by atoms with Crippen LogP contribution in [0, 0.1) is 0 Å². The van der Waals surface area contributed by atoms with Crippen molar-refractivity contribution < 1.29 is 4.79 Å². The number of nitrogens with one attached hydrogen (secondary N) is 2. The van der Waals surface area contributed by atoms with E-state index in [1.165, 1.54) is 11.3 Å². The van der Waals surface area contributed by atoms with E-state index in [4.69, 9.17) is 11.6 Å². The van der Waals surface area contributed by atoms with Crippen molar-refractivity contribution in [3.63, 3.8) is 0 Å². The molecule has 2 N–H and O–H groups in total. The summed E-state index contributed by atoms with van der Waals surface area (Å²) in [5.74, 6) is 0.00284. The van der Waals surface area contributed by atoms with E-state index in [-0.39, 0.29) is 5.91 Å². The van der Waals surface area contributed by atoms with Crippen LogP contribution in [0.15, 0.2) is 34.8 Å². The van der Waals surface area contributed by atoms with Crippen molar-refractivity contribution in [3.8, 4) is 0 Å². The van der Waals surface area contributed by atoms with E-state index in [0.29, 0.717) is 18.2 Å². The van der Waals surface area contributed by atoms with E-state index < -0.39 is 0 Å². The predicted octanol–water partition coefficient (Wildman–Crippen LogP) is 4.67. The lowest BCUT2D eigenvalue weighted by Crippen LogP contribution is -2.25. The normalized spacial score (nSPS) is 14.0. The van der Waals surface area contributed by atoms with Gasteiger partial charge in [-0.15, -0.1) is 11.3 Å². The molecule has 1 heterocycles. The maximum Gasteiger partial charge on any atom is 0.251 e. The van der Waals surface area contributed by atoms with Crippen LogP contribution < -0.4 is 10.6 Å². The monoisotopic (exact) mass is 384 g/mol. The van der Waals surface area contributed by atoms with Crippen LogP contribution in [0.1, 0.15) is 28.1 Å². The molecule has 1 fully saturated rings. The van der Waals surface area contributed by atoms with Crippen molar-refractivity contribution >= 4 is 50.5 Å². The SMILES string of the molecule is O=C(NC1CC1)c1cccc(NCc2cc(Br)c(Cl)s2)c1. The van der Waals surface area contributed by atoms with E-state index in [0.717, 1.165) is 32.2 Å². The molecule has 1 aliphatic rings. The minimum Gasteiger partial charge on any atom is -0.380 e. The highest BCUT2D eigenvalue weighted by Gasteiger charge is 2.23. The maximum atomic E-state index is 12.0. The molecule has 1 amide bonds. The van der Waals surface area contributed by atoms with Crippen LogP contribution in [0.25, 0.3) is 0 Å². The molecular formula is C15H14BrClN2OS. The fraction of sp³-hybridized carbons (Fsp3) is 0.267. The first kappa shape index (κ1) is 14.9. The number of benzene rings is 1. The topological polar surface area (TPSA) is 41.1 Å². The predicted molar refractivity (Wildman–Crippen MR) is 91.3 cm³/mol. The summed E-state index contributed by atoms with van der Waals surface area (Å²) in [5, 5.41) is 6.31. The van der Waals surface area contributed by atoms with Gasteiger partial charge < -0.3 is 10.6 Å². The van der Waals surface area contributed by atoms with Gasteiger partial charge >= 0.3 is 0 Å². The van der Waals surface area contributed by atoms with Crippen molar-refractivity contribution in [1.29, 1.82) is 0 Å². The summed E-state index contributed by atoms with van der Waals surface area (Å²) in [7, 11) is 0. The highest BCUT2D eigenvalue weighted by Crippen LogP contribution is 2.32. The Morgan fingerprint density at radius 3 is 2.86 bits per heavy atom. The van der Waals surface area contributed by atoms with Gasteiger partial charge in [-0.3, -0.25) is 4.79 Å². The molecule has 0 saturated heterocycles. The van der Waals surface area contributed by atoms with Gasteiger partial charge in [0.2, 0.25) is 0 Å². The third kappa shape index (κ3) is 3.99. The largest absolute Gasteiger partial charge is 0.380 e. The molecule has 1 aromatic heterocycles. The first-order valence-electron chi connectivity index (χ1n) is 6.70. The smallest absolute Gasteiger partial charge is 0.251 e. The number of hydrogen-bond donors (Lipinski definition) is 2. The molecule has 2 aromatic rings. The van der Waals surface area contributed by atoms with E-state index >= 15 is 0 Å². The van der Waals surface area contributed by atoms with Gasteiger partial charge in [-0.1, -0.05) is 17.7 Å². The van der Waals surface area contributed by atoms with Gasteiger partial charge in [-0.05, 0) is 53.0 Å². The second kappa shape index (κ2) is 6.38. The van der Waals surface area contributed by atoms with E-state index in [1.807, 2.05) is 30.3 Å². The van der Waals surface area contributed by atoms with E-state index in [9.17, 15) is 4.79 Å². The summed E-state index contributed by atoms with van der Waals surface area (Å²) >= 11 is 11.0. The quantitative estimate of drug-likeness (QED) is 0.785. The third-order valence-corrected chi connectivity index (χ3v) is 5.67. The summed E-state index contributed by atoms with van der Waals surface area (Å²) in [6.45, 7) is 0.684. The van der Waals surface area contributed by atoms with Crippen molar-refractivity contribution in [2.75, 3.05) is 5.32 Å². The van der Waals surface area contributed by atoms with E-state index in [2.05, 4.69) is 26.6 Å². The zero-order valence-electron chi connectivity index (χ0n) is 11.2. The van der Waals surface area contributed by atoms with Crippen LogP contribution in [-0.4, -0.2) is 11.9 Å². The van der Waals surface area contributed by atoms with Gasteiger partial charge in [-0.25, -0.2) is 0 Å². The minimum atomic E-state index is 0.00284. The number of carbonyl (C=O) groups excluding carboxylic acids is 1. The van der Waals surface area contributed by atoms with Crippen LogP contribution >= 0.6 is 38.9 Å². The van der Waals surface area contributed by atoms with Crippen molar-refractivity contribution in [3.05, 3.63) is 49.6 Å². The number of halogens is 2. The van der Waals surface area contributed by atoms with Crippen LogP contribution in [0.2, 0.25) is 4.34 Å². The number of rotatable bonds is 5. The lowest BCUT2D eigenvalue weighted by atomic mass is 10.2. The highest BCUT2D eigenvalue weighted by molar-refractivity contribution is 9.10. The second-order valence-electron chi connectivity index (χ2n) is 5.02. The number of anilines is 1. The molecular weight excluding hydrogens is 372 g/mol. The van der Waals surface area contributed by atoms with Crippen molar-refractivity contribution in [1.82, 2.24) is 5.32 Å². The van der Waals surface area contributed by atoms with Crippen LogP contribution in [0.3, 0.4) is 0 Å². The molecule has 1 saturated carbocycles. The lowest BCUT2D eigenvalue weighted by molar-refractivity contribution is 0.0951. The summed E-state index contributed by atoms with van der Waals surface area (Å²) in [5.41, 5.74) is 1.62.